The quantitative estimate of drug-likeness (QED) is 0.887. The van der Waals surface area contributed by atoms with Crippen LogP contribution in [0.2, 0.25) is 0 Å². The molecule has 0 radical (unpaired) electrons. The molecular weight excluding hydrogens is 344 g/mol. The van der Waals surface area contributed by atoms with Gasteiger partial charge in [0, 0.05) is 24.5 Å². The van der Waals surface area contributed by atoms with Crippen LogP contribution in [0.25, 0.3) is 0 Å². The zero-order valence-corrected chi connectivity index (χ0v) is 15.7. The van der Waals surface area contributed by atoms with E-state index in [1.165, 1.54) is 0 Å². The van der Waals surface area contributed by atoms with Gasteiger partial charge in [-0.1, -0.05) is 12.1 Å². The molecule has 2 aliphatic rings. The van der Waals surface area contributed by atoms with Crippen molar-refractivity contribution in [3.05, 3.63) is 46.8 Å². The first-order valence-electron chi connectivity index (χ1n) is 9.30. The number of ether oxygens (including phenoxy) is 1. The number of nitrogens with zero attached hydrogens (tertiary/aromatic N) is 3. The fourth-order valence-electron chi connectivity index (χ4n) is 3.77. The van der Waals surface area contributed by atoms with Crippen LogP contribution in [0.1, 0.15) is 22.5 Å². The lowest BCUT2D eigenvalue weighted by Gasteiger charge is -2.33. The first kappa shape index (κ1) is 17.7. The van der Waals surface area contributed by atoms with E-state index < -0.39 is 0 Å². The largest absolute Gasteiger partial charge is 0.373 e. The third kappa shape index (κ3) is 3.88. The number of morpholine rings is 1. The molecule has 0 spiro atoms. The summed E-state index contributed by atoms with van der Waals surface area (Å²) in [6.07, 6.45) is 0.691. The summed E-state index contributed by atoms with van der Waals surface area (Å²) in [5, 5.41) is 7.32. The van der Waals surface area contributed by atoms with E-state index in [0.29, 0.717) is 39.1 Å². The van der Waals surface area contributed by atoms with E-state index in [9.17, 15) is 9.59 Å². The molecule has 1 fully saturated rings. The number of fused-ring (bicyclic) bond motifs is 1. The number of hydrogen-bond donors (Lipinski definition) is 1. The highest BCUT2D eigenvalue weighted by molar-refractivity contribution is 5.99. The molecule has 0 bridgehead atoms. The van der Waals surface area contributed by atoms with Gasteiger partial charge in [-0.25, -0.2) is 0 Å². The molecule has 7 heteroatoms. The molecule has 4 rings (SSSR count). The second kappa shape index (κ2) is 7.15. The van der Waals surface area contributed by atoms with Crippen molar-refractivity contribution >= 4 is 17.5 Å². The van der Waals surface area contributed by atoms with Crippen LogP contribution in [0.5, 0.6) is 0 Å². The maximum absolute atomic E-state index is 12.8. The molecule has 1 unspecified atom stereocenters. The molecule has 7 nitrogen and oxygen atoms in total. The fourth-order valence-corrected chi connectivity index (χ4v) is 3.77. The van der Waals surface area contributed by atoms with Crippen molar-refractivity contribution in [2.75, 3.05) is 25.0 Å². The molecule has 2 aliphatic heterocycles. The molecule has 0 saturated carbocycles. The number of nitrogens with one attached hydrogen (secondary N) is 1. The van der Waals surface area contributed by atoms with Gasteiger partial charge in [-0.15, -0.1) is 0 Å². The van der Waals surface area contributed by atoms with Gasteiger partial charge in [0.15, 0.2) is 0 Å². The van der Waals surface area contributed by atoms with Crippen LogP contribution < -0.4 is 5.32 Å². The van der Waals surface area contributed by atoms with Gasteiger partial charge in [0.25, 0.3) is 0 Å². The molecule has 1 saturated heterocycles. The predicted octanol–water partition coefficient (Wildman–Crippen LogP) is 1.46. The van der Waals surface area contributed by atoms with Gasteiger partial charge in [-0.3, -0.25) is 14.3 Å². The van der Waals surface area contributed by atoms with E-state index in [1.54, 1.807) is 0 Å². The average Bonchev–Trinajstić information content (AvgIpc) is 3.15. The van der Waals surface area contributed by atoms with Crippen LogP contribution in [0.4, 0.5) is 5.69 Å². The lowest BCUT2D eigenvalue weighted by Crippen LogP contribution is -2.47. The molecule has 0 aliphatic carbocycles. The van der Waals surface area contributed by atoms with E-state index >= 15 is 0 Å². The second-order valence-corrected chi connectivity index (χ2v) is 7.33. The smallest absolute Gasteiger partial charge is 0.228 e. The number of anilines is 1. The van der Waals surface area contributed by atoms with Gasteiger partial charge in [-0.05, 0) is 37.1 Å². The standard InChI is InChI=1S/C20H24N4O3/c1-13-7-14(2)24(22-13)12-17-11-23(5-6-27-17)20(26)9-15-3-4-16-10-19(25)21-18(16)8-15/h3-4,7-8,17H,5-6,9-12H2,1-2H3,(H,21,25). The molecule has 2 amide bonds. The Labute approximate surface area is 158 Å². The van der Waals surface area contributed by atoms with E-state index in [2.05, 4.69) is 10.4 Å². The molecular formula is C20H24N4O3. The van der Waals surface area contributed by atoms with Crippen LogP contribution in [-0.4, -0.2) is 52.3 Å². The second-order valence-electron chi connectivity index (χ2n) is 7.33. The zero-order chi connectivity index (χ0) is 19.0. The normalized spacial score (nSPS) is 19.1. The molecule has 3 heterocycles. The summed E-state index contributed by atoms with van der Waals surface area (Å²) in [5.74, 6) is 0.0922. The van der Waals surface area contributed by atoms with Crippen molar-refractivity contribution in [3.8, 4) is 0 Å². The summed E-state index contributed by atoms with van der Waals surface area (Å²) in [7, 11) is 0. The maximum Gasteiger partial charge on any atom is 0.228 e. The van der Waals surface area contributed by atoms with Crippen LogP contribution in [0.3, 0.4) is 0 Å². The van der Waals surface area contributed by atoms with Crippen molar-refractivity contribution in [1.82, 2.24) is 14.7 Å². The highest BCUT2D eigenvalue weighted by atomic mass is 16.5. The lowest BCUT2D eigenvalue weighted by molar-refractivity contribution is -0.138. The van der Waals surface area contributed by atoms with E-state index in [4.69, 9.17) is 4.74 Å². The summed E-state index contributed by atoms with van der Waals surface area (Å²) in [5.41, 5.74) is 4.82. The third-order valence-electron chi connectivity index (χ3n) is 5.13. The first-order valence-corrected chi connectivity index (χ1v) is 9.30. The molecule has 1 atom stereocenters. The Morgan fingerprint density at radius 1 is 1.33 bits per heavy atom. The Morgan fingerprint density at radius 2 is 2.19 bits per heavy atom. The van der Waals surface area contributed by atoms with Crippen molar-refractivity contribution in [3.63, 3.8) is 0 Å². The lowest BCUT2D eigenvalue weighted by atomic mass is 10.1. The third-order valence-corrected chi connectivity index (χ3v) is 5.13. The van der Waals surface area contributed by atoms with Gasteiger partial charge in [0.1, 0.15) is 0 Å². The molecule has 27 heavy (non-hydrogen) atoms. The van der Waals surface area contributed by atoms with Crippen molar-refractivity contribution in [2.45, 2.75) is 39.3 Å². The number of carbonyl (C=O) groups excluding carboxylic acids is 2. The Kier molecular flexibility index (Phi) is 4.70. The van der Waals surface area contributed by atoms with Crippen LogP contribution in [0, 0.1) is 13.8 Å². The van der Waals surface area contributed by atoms with E-state index in [0.717, 1.165) is 28.2 Å². The Bertz CT molecular complexity index is 889. The van der Waals surface area contributed by atoms with Gasteiger partial charge < -0.3 is 15.0 Å². The fraction of sp³-hybridized carbons (Fsp3) is 0.450. The van der Waals surface area contributed by atoms with Gasteiger partial charge >= 0.3 is 0 Å². The van der Waals surface area contributed by atoms with Gasteiger partial charge in [0.05, 0.1) is 37.8 Å². The summed E-state index contributed by atoms with van der Waals surface area (Å²) in [4.78, 5) is 26.1. The Hall–Kier alpha value is -2.67. The highest BCUT2D eigenvalue weighted by Gasteiger charge is 2.26. The Morgan fingerprint density at radius 3 is 2.96 bits per heavy atom. The monoisotopic (exact) mass is 368 g/mol. The number of amides is 2. The highest BCUT2D eigenvalue weighted by Crippen LogP contribution is 2.24. The minimum atomic E-state index is -0.0555. The molecule has 1 aromatic heterocycles. The van der Waals surface area contributed by atoms with E-state index in [1.807, 2.05) is 47.7 Å². The van der Waals surface area contributed by atoms with Crippen LogP contribution >= 0.6 is 0 Å². The van der Waals surface area contributed by atoms with Gasteiger partial charge in [-0.2, -0.15) is 5.10 Å². The number of aromatic nitrogens is 2. The Balaban J connectivity index is 1.38. The average molecular weight is 368 g/mol. The van der Waals surface area contributed by atoms with E-state index in [-0.39, 0.29) is 17.9 Å². The summed E-state index contributed by atoms with van der Waals surface area (Å²) in [6.45, 7) is 6.36. The van der Waals surface area contributed by atoms with Crippen molar-refractivity contribution < 1.29 is 14.3 Å². The number of benzene rings is 1. The molecule has 2 aromatic rings. The van der Waals surface area contributed by atoms with Crippen LogP contribution in [0.15, 0.2) is 24.3 Å². The predicted molar refractivity (Wildman–Crippen MR) is 101 cm³/mol. The van der Waals surface area contributed by atoms with Crippen molar-refractivity contribution in [2.24, 2.45) is 0 Å². The summed E-state index contributed by atoms with van der Waals surface area (Å²) in [6, 6.07) is 7.82. The zero-order valence-electron chi connectivity index (χ0n) is 15.7. The minimum Gasteiger partial charge on any atom is -0.373 e. The molecule has 142 valence electrons. The number of rotatable bonds is 4. The summed E-state index contributed by atoms with van der Waals surface area (Å²) >= 11 is 0. The maximum atomic E-state index is 12.8. The molecule has 1 aromatic carbocycles. The topological polar surface area (TPSA) is 76.5 Å². The molecule has 1 N–H and O–H groups in total. The first-order chi connectivity index (χ1) is 13.0. The van der Waals surface area contributed by atoms with Gasteiger partial charge in [0.2, 0.25) is 11.8 Å². The SMILES string of the molecule is Cc1cc(C)n(CC2CN(C(=O)Cc3ccc4c(c3)NC(=O)C4)CCO2)n1. The van der Waals surface area contributed by atoms with Crippen molar-refractivity contribution in [1.29, 1.82) is 0 Å². The number of aryl methyl sites for hydroxylation is 2. The van der Waals surface area contributed by atoms with Crippen LogP contribution in [-0.2, 0) is 33.7 Å². The number of hydrogen-bond acceptors (Lipinski definition) is 4. The number of carbonyl (C=O) groups is 2. The minimum absolute atomic E-state index is 0.00801. The summed E-state index contributed by atoms with van der Waals surface area (Å²) < 4.78 is 7.79.